The number of nitrogens with zero attached hydrogens (tertiary/aromatic N) is 1. The van der Waals surface area contributed by atoms with Gasteiger partial charge in [0.1, 0.15) is 0 Å². The lowest BCUT2D eigenvalue weighted by Gasteiger charge is -2.19. The van der Waals surface area contributed by atoms with Crippen molar-refractivity contribution < 1.29 is 17.9 Å². The van der Waals surface area contributed by atoms with Gasteiger partial charge in [-0.3, -0.25) is 0 Å². The first kappa shape index (κ1) is 15.7. The Kier molecular flexibility index (Phi) is 5.04. The molecule has 1 N–H and O–H groups in total. The predicted octanol–water partition coefficient (Wildman–Crippen LogP) is 3.55. The van der Waals surface area contributed by atoms with Crippen LogP contribution in [0.5, 0.6) is 0 Å². The van der Waals surface area contributed by atoms with Gasteiger partial charge in [-0.1, -0.05) is 13.8 Å². The highest BCUT2D eigenvalue weighted by molar-refractivity contribution is 7.11. The minimum absolute atomic E-state index is 0.0997. The van der Waals surface area contributed by atoms with Gasteiger partial charge in [0.05, 0.1) is 9.88 Å². The Labute approximate surface area is 120 Å². The molecule has 1 saturated heterocycles. The molecule has 1 aliphatic rings. The molecule has 0 atom stereocenters. The Balaban J connectivity index is 2.21. The van der Waals surface area contributed by atoms with Gasteiger partial charge in [-0.05, 0) is 12.8 Å². The maximum Gasteiger partial charge on any atom is 0.434 e. The molecule has 1 aliphatic heterocycles. The Morgan fingerprint density at radius 1 is 1.35 bits per heavy atom. The largest absolute Gasteiger partial charge is 0.434 e. The fourth-order valence-electron chi connectivity index (χ4n) is 2.13. The first-order valence-corrected chi connectivity index (χ1v) is 7.57. The maximum absolute atomic E-state index is 13.0. The van der Waals surface area contributed by atoms with Crippen LogP contribution in [0.4, 0.5) is 13.2 Å². The number of hydrogen-bond donors (Lipinski definition) is 1. The van der Waals surface area contributed by atoms with E-state index in [2.05, 4.69) is 10.3 Å². The summed E-state index contributed by atoms with van der Waals surface area (Å²) < 4.78 is 44.4. The molecule has 0 amide bonds. The SMILES string of the molecule is CC(C)NCc1sc(C2CCOCC2)nc1C(F)(F)F. The molecule has 2 rings (SSSR count). The third kappa shape index (κ3) is 3.93. The van der Waals surface area contributed by atoms with Gasteiger partial charge >= 0.3 is 6.18 Å². The smallest absolute Gasteiger partial charge is 0.381 e. The zero-order chi connectivity index (χ0) is 14.8. The van der Waals surface area contributed by atoms with Crippen LogP contribution in [0.3, 0.4) is 0 Å². The van der Waals surface area contributed by atoms with Gasteiger partial charge in [-0.25, -0.2) is 4.98 Å². The zero-order valence-corrected chi connectivity index (χ0v) is 12.4. The first-order chi connectivity index (χ1) is 9.38. The number of thiazole rings is 1. The van der Waals surface area contributed by atoms with Gasteiger partial charge in [0, 0.05) is 31.7 Å². The average Bonchev–Trinajstić information content (AvgIpc) is 2.81. The molecule has 0 aromatic carbocycles. The summed E-state index contributed by atoms with van der Waals surface area (Å²) in [6.07, 6.45) is -2.88. The third-order valence-corrected chi connectivity index (χ3v) is 4.44. The summed E-state index contributed by atoms with van der Waals surface area (Å²) in [5.41, 5.74) is -0.725. The fourth-order valence-corrected chi connectivity index (χ4v) is 3.33. The second-order valence-corrected chi connectivity index (χ2v) is 6.36. The topological polar surface area (TPSA) is 34.1 Å². The van der Waals surface area contributed by atoms with Crippen molar-refractivity contribution in [2.24, 2.45) is 0 Å². The Morgan fingerprint density at radius 2 is 2.00 bits per heavy atom. The van der Waals surface area contributed by atoms with Crippen molar-refractivity contribution in [2.45, 2.75) is 51.4 Å². The number of alkyl halides is 3. The Hall–Kier alpha value is -0.660. The molecule has 0 spiro atoms. The lowest BCUT2D eigenvalue weighted by atomic mass is 10.0. The van der Waals surface area contributed by atoms with Gasteiger partial charge < -0.3 is 10.1 Å². The Morgan fingerprint density at radius 3 is 2.55 bits per heavy atom. The van der Waals surface area contributed by atoms with Crippen LogP contribution in [0.15, 0.2) is 0 Å². The maximum atomic E-state index is 13.0. The van der Waals surface area contributed by atoms with Crippen molar-refractivity contribution in [3.63, 3.8) is 0 Å². The van der Waals surface area contributed by atoms with Gasteiger partial charge in [0.2, 0.25) is 0 Å². The molecule has 1 aromatic rings. The summed E-state index contributed by atoms with van der Waals surface area (Å²) in [5.74, 6) is 0.0997. The first-order valence-electron chi connectivity index (χ1n) is 6.76. The number of ether oxygens (including phenoxy) is 1. The quantitative estimate of drug-likeness (QED) is 0.923. The van der Waals surface area contributed by atoms with E-state index in [1.807, 2.05) is 13.8 Å². The lowest BCUT2D eigenvalue weighted by molar-refractivity contribution is -0.141. The summed E-state index contributed by atoms with van der Waals surface area (Å²) in [4.78, 5) is 4.17. The van der Waals surface area contributed by atoms with Crippen LogP contribution in [-0.2, 0) is 17.5 Å². The van der Waals surface area contributed by atoms with E-state index in [1.54, 1.807) is 0 Å². The van der Waals surface area contributed by atoms with Crippen LogP contribution in [0.25, 0.3) is 0 Å². The zero-order valence-electron chi connectivity index (χ0n) is 11.6. The highest BCUT2D eigenvalue weighted by Gasteiger charge is 2.38. The fraction of sp³-hybridized carbons (Fsp3) is 0.769. The van der Waals surface area contributed by atoms with E-state index in [9.17, 15) is 13.2 Å². The van der Waals surface area contributed by atoms with Crippen molar-refractivity contribution in [1.29, 1.82) is 0 Å². The Bertz CT molecular complexity index is 439. The van der Waals surface area contributed by atoms with E-state index in [0.29, 0.717) is 18.2 Å². The summed E-state index contributed by atoms with van der Waals surface area (Å²) in [6, 6.07) is 0.143. The number of hydrogen-bond acceptors (Lipinski definition) is 4. The molecule has 0 bridgehead atoms. The molecule has 3 nitrogen and oxygen atoms in total. The van der Waals surface area contributed by atoms with Crippen LogP contribution in [0.1, 0.15) is 48.2 Å². The molecule has 1 fully saturated rings. The molecule has 2 heterocycles. The van der Waals surface area contributed by atoms with E-state index >= 15 is 0 Å². The minimum atomic E-state index is -4.38. The molecule has 0 saturated carbocycles. The highest BCUT2D eigenvalue weighted by atomic mass is 32.1. The van der Waals surface area contributed by atoms with Gasteiger partial charge in [-0.15, -0.1) is 11.3 Å². The molecule has 0 radical (unpaired) electrons. The second-order valence-electron chi connectivity index (χ2n) is 5.24. The number of rotatable bonds is 4. The van der Waals surface area contributed by atoms with E-state index in [4.69, 9.17) is 4.74 Å². The molecular formula is C13H19F3N2OS. The molecule has 114 valence electrons. The van der Waals surface area contributed by atoms with Crippen LogP contribution in [0, 0.1) is 0 Å². The van der Waals surface area contributed by atoms with Crippen molar-refractivity contribution in [3.05, 3.63) is 15.6 Å². The number of halogens is 3. The van der Waals surface area contributed by atoms with E-state index < -0.39 is 11.9 Å². The second kappa shape index (κ2) is 6.41. The van der Waals surface area contributed by atoms with Crippen molar-refractivity contribution >= 4 is 11.3 Å². The third-order valence-electron chi connectivity index (χ3n) is 3.22. The van der Waals surface area contributed by atoms with Crippen LogP contribution >= 0.6 is 11.3 Å². The summed E-state index contributed by atoms with van der Waals surface area (Å²) in [5, 5.41) is 3.63. The molecule has 0 aliphatic carbocycles. The number of aromatic nitrogens is 1. The van der Waals surface area contributed by atoms with E-state index in [0.717, 1.165) is 12.8 Å². The van der Waals surface area contributed by atoms with Crippen LogP contribution in [0.2, 0.25) is 0 Å². The van der Waals surface area contributed by atoms with Crippen LogP contribution < -0.4 is 5.32 Å². The van der Waals surface area contributed by atoms with Crippen LogP contribution in [-0.4, -0.2) is 24.2 Å². The molecule has 20 heavy (non-hydrogen) atoms. The summed E-state index contributed by atoms with van der Waals surface area (Å²) in [7, 11) is 0. The standard InChI is InChI=1S/C13H19F3N2OS/c1-8(2)17-7-10-11(13(14,15)16)18-12(20-10)9-3-5-19-6-4-9/h8-9,17H,3-7H2,1-2H3. The molecule has 1 aromatic heterocycles. The monoisotopic (exact) mass is 308 g/mol. The van der Waals surface area contributed by atoms with Crippen molar-refractivity contribution in [2.75, 3.05) is 13.2 Å². The van der Waals surface area contributed by atoms with Gasteiger partial charge in [0.15, 0.2) is 5.69 Å². The normalized spacial score (nSPS) is 17.9. The summed E-state index contributed by atoms with van der Waals surface area (Å²) >= 11 is 1.19. The van der Waals surface area contributed by atoms with E-state index in [1.165, 1.54) is 11.3 Å². The van der Waals surface area contributed by atoms with Crippen molar-refractivity contribution in [1.82, 2.24) is 10.3 Å². The molecule has 0 unspecified atom stereocenters. The van der Waals surface area contributed by atoms with E-state index in [-0.39, 0.29) is 23.4 Å². The number of nitrogens with one attached hydrogen (secondary N) is 1. The minimum Gasteiger partial charge on any atom is -0.381 e. The highest BCUT2D eigenvalue weighted by Crippen LogP contribution is 2.38. The van der Waals surface area contributed by atoms with Crippen molar-refractivity contribution in [3.8, 4) is 0 Å². The average molecular weight is 308 g/mol. The molecule has 7 heteroatoms. The summed E-state index contributed by atoms with van der Waals surface area (Å²) in [6.45, 7) is 5.24. The van der Waals surface area contributed by atoms with Gasteiger partial charge in [-0.2, -0.15) is 13.2 Å². The molecular weight excluding hydrogens is 289 g/mol. The lowest BCUT2D eigenvalue weighted by Crippen LogP contribution is -2.23. The predicted molar refractivity (Wildman–Crippen MR) is 71.9 cm³/mol. The van der Waals surface area contributed by atoms with Gasteiger partial charge in [0.25, 0.3) is 0 Å².